The van der Waals surface area contributed by atoms with Gasteiger partial charge in [-0.1, -0.05) is 13.3 Å². The standard InChI is InChI=1S/C10H17ClF3NO/c1-2-3-8-15(10(12,13)14)9(16)6-4-5-7-11/h2-8H2,1H3. The van der Waals surface area contributed by atoms with Crippen molar-refractivity contribution in [3.63, 3.8) is 0 Å². The van der Waals surface area contributed by atoms with Crippen molar-refractivity contribution in [2.24, 2.45) is 0 Å². The van der Waals surface area contributed by atoms with Gasteiger partial charge in [-0.05, 0) is 19.3 Å². The number of halogens is 4. The van der Waals surface area contributed by atoms with Crippen molar-refractivity contribution in [1.82, 2.24) is 4.90 Å². The molecule has 0 rings (SSSR count). The maximum Gasteiger partial charge on any atom is 0.487 e. The normalized spacial score (nSPS) is 11.6. The number of hydrogen-bond acceptors (Lipinski definition) is 1. The Morgan fingerprint density at radius 1 is 1.25 bits per heavy atom. The SMILES string of the molecule is CCCCN(C(=O)CCCCCl)C(F)(F)F. The first kappa shape index (κ1) is 15.6. The molecule has 0 aliphatic rings. The van der Waals surface area contributed by atoms with Crippen LogP contribution in [-0.4, -0.2) is 29.5 Å². The van der Waals surface area contributed by atoms with Gasteiger partial charge in [0.05, 0.1) is 0 Å². The number of carbonyl (C=O) groups excluding carboxylic acids is 1. The third-order valence-electron chi connectivity index (χ3n) is 2.12. The highest BCUT2D eigenvalue weighted by atomic mass is 35.5. The fourth-order valence-electron chi connectivity index (χ4n) is 1.21. The maximum absolute atomic E-state index is 12.5. The third-order valence-corrected chi connectivity index (χ3v) is 2.38. The van der Waals surface area contributed by atoms with Gasteiger partial charge in [-0.15, -0.1) is 24.8 Å². The molecule has 16 heavy (non-hydrogen) atoms. The van der Waals surface area contributed by atoms with Crippen molar-refractivity contribution in [3.8, 4) is 0 Å². The second-order valence-corrected chi connectivity index (χ2v) is 3.89. The summed E-state index contributed by atoms with van der Waals surface area (Å²) >= 11 is 5.39. The van der Waals surface area contributed by atoms with Crippen LogP contribution in [0.1, 0.15) is 39.0 Å². The zero-order valence-corrected chi connectivity index (χ0v) is 10.1. The fraction of sp³-hybridized carbons (Fsp3) is 0.900. The first-order valence-corrected chi connectivity index (χ1v) is 5.90. The largest absolute Gasteiger partial charge is 0.487 e. The summed E-state index contributed by atoms with van der Waals surface area (Å²) in [6.07, 6.45) is -2.70. The average molecular weight is 260 g/mol. The molecule has 0 aliphatic heterocycles. The van der Waals surface area contributed by atoms with E-state index in [4.69, 9.17) is 11.6 Å². The third kappa shape index (κ3) is 6.20. The Kier molecular flexibility index (Phi) is 7.55. The Morgan fingerprint density at radius 3 is 2.31 bits per heavy atom. The summed E-state index contributed by atoms with van der Waals surface area (Å²) in [5.74, 6) is -0.486. The molecule has 0 aromatic carbocycles. The van der Waals surface area contributed by atoms with E-state index >= 15 is 0 Å². The van der Waals surface area contributed by atoms with Gasteiger partial charge in [0, 0.05) is 18.8 Å². The Balaban J connectivity index is 4.22. The predicted molar refractivity (Wildman–Crippen MR) is 57.2 cm³/mol. The summed E-state index contributed by atoms with van der Waals surface area (Å²) in [5.41, 5.74) is 0. The molecular weight excluding hydrogens is 243 g/mol. The van der Waals surface area contributed by atoms with Crippen LogP contribution in [-0.2, 0) is 4.79 Å². The molecule has 0 heterocycles. The molecule has 0 saturated carbocycles. The average Bonchev–Trinajstić information content (AvgIpc) is 2.16. The molecular formula is C10H17ClF3NO. The molecule has 0 atom stereocenters. The van der Waals surface area contributed by atoms with Crippen LogP contribution < -0.4 is 0 Å². The molecule has 0 aromatic heterocycles. The minimum atomic E-state index is -4.56. The molecule has 96 valence electrons. The Bertz CT molecular complexity index is 209. The highest BCUT2D eigenvalue weighted by Crippen LogP contribution is 2.23. The van der Waals surface area contributed by atoms with E-state index in [0.717, 1.165) is 0 Å². The van der Waals surface area contributed by atoms with Crippen LogP contribution >= 0.6 is 11.6 Å². The van der Waals surface area contributed by atoms with Crippen LogP contribution in [0, 0.1) is 0 Å². The van der Waals surface area contributed by atoms with Crippen LogP contribution in [0.4, 0.5) is 13.2 Å². The monoisotopic (exact) mass is 259 g/mol. The molecule has 0 aromatic rings. The molecule has 0 radical (unpaired) electrons. The zero-order valence-electron chi connectivity index (χ0n) is 9.32. The predicted octanol–water partition coefficient (Wildman–Crippen LogP) is 3.54. The van der Waals surface area contributed by atoms with Crippen LogP contribution in [0.15, 0.2) is 0 Å². The lowest BCUT2D eigenvalue weighted by molar-refractivity contribution is -0.240. The van der Waals surface area contributed by atoms with Crippen LogP contribution in [0.3, 0.4) is 0 Å². The van der Waals surface area contributed by atoms with Gasteiger partial charge in [-0.3, -0.25) is 9.69 Å². The van der Waals surface area contributed by atoms with Crippen molar-refractivity contribution in [1.29, 1.82) is 0 Å². The molecule has 0 spiro atoms. The summed E-state index contributed by atoms with van der Waals surface area (Å²) in [4.78, 5) is 11.3. The topological polar surface area (TPSA) is 20.3 Å². The second kappa shape index (κ2) is 7.76. The Morgan fingerprint density at radius 2 is 1.88 bits per heavy atom. The molecule has 0 aliphatic carbocycles. The Labute approximate surface area is 98.7 Å². The maximum atomic E-state index is 12.5. The van der Waals surface area contributed by atoms with Crippen LogP contribution in [0.2, 0.25) is 0 Å². The number of unbranched alkanes of at least 4 members (excludes halogenated alkanes) is 2. The molecule has 0 saturated heterocycles. The van der Waals surface area contributed by atoms with Gasteiger partial charge in [0.2, 0.25) is 5.91 Å². The quantitative estimate of drug-likeness (QED) is 0.389. The fourth-order valence-corrected chi connectivity index (χ4v) is 1.40. The first-order valence-electron chi connectivity index (χ1n) is 5.36. The first-order chi connectivity index (χ1) is 7.43. The second-order valence-electron chi connectivity index (χ2n) is 3.51. The van der Waals surface area contributed by atoms with Gasteiger partial charge in [0.1, 0.15) is 0 Å². The van der Waals surface area contributed by atoms with E-state index in [2.05, 4.69) is 0 Å². The van der Waals surface area contributed by atoms with E-state index in [-0.39, 0.29) is 17.9 Å². The molecule has 6 heteroatoms. The highest BCUT2D eigenvalue weighted by Gasteiger charge is 2.39. The minimum absolute atomic E-state index is 0.00469. The van der Waals surface area contributed by atoms with Crippen molar-refractivity contribution >= 4 is 17.5 Å². The van der Waals surface area contributed by atoms with E-state index in [1.165, 1.54) is 0 Å². The molecule has 0 N–H and O–H groups in total. The number of hydrogen-bond donors (Lipinski definition) is 0. The van der Waals surface area contributed by atoms with Gasteiger partial charge >= 0.3 is 6.30 Å². The summed E-state index contributed by atoms with van der Waals surface area (Å²) < 4.78 is 37.4. The molecule has 2 nitrogen and oxygen atoms in total. The Hall–Kier alpha value is -0.450. The number of rotatable bonds is 7. The number of nitrogens with zero attached hydrogens (tertiary/aromatic N) is 1. The van der Waals surface area contributed by atoms with Gasteiger partial charge in [0.25, 0.3) is 0 Å². The lowest BCUT2D eigenvalue weighted by Crippen LogP contribution is -2.43. The van der Waals surface area contributed by atoms with Crippen molar-refractivity contribution in [2.45, 2.75) is 45.3 Å². The van der Waals surface area contributed by atoms with E-state index < -0.39 is 12.2 Å². The number of alkyl halides is 4. The van der Waals surface area contributed by atoms with E-state index in [1.807, 2.05) is 0 Å². The van der Waals surface area contributed by atoms with E-state index in [1.54, 1.807) is 6.92 Å². The van der Waals surface area contributed by atoms with Crippen LogP contribution in [0.5, 0.6) is 0 Å². The zero-order chi connectivity index (χ0) is 12.6. The molecule has 0 unspecified atom stereocenters. The number of carbonyl (C=O) groups is 1. The van der Waals surface area contributed by atoms with Crippen LogP contribution in [0.25, 0.3) is 0 Å². The van der Waals surface area contributed by atoms with E-state index in [9.17, 15) is 18.0 Å². The van der Waals surface area contributed by atoms with Crippen molar-refractivity contribution in [3.05, 3.63) is 0 Å². The van der Waals surface area contributed by atoms with Gasteiger partial charge in [-0.25, -0.2) is 0 Å². The van der Waals surface area contributed by atoms with Gasteiger partial charge < -0.3 is 0 Å². The van der Waals surface area contributed by atoms with Gasteiger partial charge in [0.15, 0.2) is 0 Å². The minimum Gasteiger partial charge on any atom is -0.275 e. The summed E-state index contributed by atoms with van der Waals surface area (Å²) in [5, 5.41) is 0. The smallest absolute Gasteiger partial charge is 0.275 e. The molecule has 1 amide bonds. The lowest BCUT2D eigenvalue weighted by Gasteiger charge is -2.24. The van der Waals surface area contributed by atoms with Gasteiger partial charge in [-0.2, -0.15) is 0 Å². The summed E-state index contributed by atoms with van der Waals surface area (Å²) in [6, 6.07) is 0. The molecule has 0 fully saturated rings. The molecule has 0 bridgehead atoms. The number of amides is 1. The lowest BCUT2D eigenvalue weighted by atomic mass is 10.2. The summed E-state index contributed by atoms with van der Waals surface area (Å²) in [6.45, 7) is 1.53. The summed E-state index contributed by atoms with van der Waals surface area (Å²) in [7, 11) is 0. The van der Waals surface area contributed by atoms with E-state index in [0.29, 0.717) is 31.6 Å². The highest BCUT2D eigenvalue weighted by molar-refractivity contribution is 6.17. The van der Waals surface area contributed by atoms with Crippen molar-refractivity contribution < 1.29 is 18.0 Å². The van der Waals surface area contributed by atoms with Crippen molar-refractivity contribution in [2.75, 3.05) is 12.4 Å².